The zero-order valence-electron chi connectivity index (χ0n) is 10.1. The van der Waals surface area contributed by atoms with Crippen LogP contribution in [0, 0.1) is 0 Å². The number of methoxy groups -OCH3 is 1. The monoisotopic (exact) mass is 242 g/mol. The van der Waals surface area contributed by atoms with E-state index in [1.54, 1.807) is 7.11 Å². The van der Waals surface area contributed by atoms with Crippen LogP contribution in [0.1, 0.15) is 19.4 Å². The summed E-state index contributed by atoms with van der Waals surface area (Å²) in [5.74, 6) is 0.875. The third kappa shape index (κ3) is 4.48. The second-order valence-corrected chi connectivity index (χ2v) is 4.68. The first-order valence-electron chi connectivity index (χ1n) is 5.46. The van der Waals surface area contributed by atoms with Crippen molar-refractivity contribution in [2.24, 2.45) is 0 Å². The quantitative estimate of drug-likeness (QED) is 0.684. The molecule has 3 nitrogen and oxygen atoms in total. The molecule has 0 aliphatic rings. The average Bonchev–Trinajstić information content (AvgIpc) is 2.30. The van der Waals surface area contributed by atoms with Crippen LogP contribution in [0.15, 0.2) is 24.3 Å². The SMILES string of the molecule is CCOP(Cc1cccc(OC)c1)OCC. The maximum absolute atomic E-state index is 5.56. The minimum absolute atomic E-state index is 0.690. The lowest BCUT2D eigenvalue weighted by Crippen LogP contribution is -1.94. The highest BCUT2D eigenvalue weighted by Gasteiger charge is 2.10. The first-order chi connectivity index (χ1) is 7.80. The molecular weight excluding hydrogens is 223 g/mol. The molecular formula is C12H19O3P. The Labute approximate surface area is 98.6 Å². The average molecular weight is 242 g/mol. The molecule has 1 aromatic carbocycles. The lowest BCUT2D eigenvalue weighted by atomic mass is 10.2. The normalized spacial score (nSPS) is 10.8. The molecule has 0 saturated heterocycles. The molecule has 0 aliphatic heterocycles. The van der Waals surface area contributed by atoms with Crippen LogP contribution in [0.5, 0.6) is 5.75 Å². The summed E-state index contributed by atoms with van der Waals surface area (Å²) in [7, 11) is 0.864. The van der Waals surface area contributed by atoms with E-state index in [9.17, 15) is 0 Å². The van der Waals surface area contributed by atoms with Gasteiger partial charge < -0.3 is 13.8 Å². The van der Waals surface area contributed by atoms with Gasteiger partial charge in [-0.1, -0.05) is 12.1 Å². The summed E-state index contributed by atoms with van der Waals surface area (Å²) >= 11 is 0. The predicted octanol–water partition coefficient (Wildman–Crippen LogP) is 3.58. The summed E-state index contributed by atoms with van der Waals surface area (Å²) < 4.78 is 16.3. The number of benzene rings is 1. The van der Waals surface area contributed by atoms with Crippen LogP contribution in [-0.2, 0) is 15.2 Å². The van der Waals surface area contributed by atoms with Crippen molar-refractivity contribution >= 4 is 8.38 Å². The van der Waals surface area contributed by atoms with E-state index in [0.29, 0.717) is 13.2 Å². The lowest BCUT2D eigenvalue weighted by Gasteiger charge is -2.15. The molecule has 0 radical (unpaired) electrons. The third-order valence-electron chi connectivity index (χ3n) is 1.99. The number of ether oxygens (including phenoxy) is 1. The van der Waals surface area contributed by atoms with Gasteiger partial charge in [-0.15, -0.1) is 0 Å². The smallest absolute Gasteiger partial charge is 0.175 e. The van der Waals surface area contributed by atoms with E-state index >= 15 is 0 Å². The fraction of sp³-hybridized carbons (Fsp3) is 0.500. The van der Waals surface area contributed by atoms with E-state index in [1.807, 2.05) is 32.0 Å². The second-order valence-electron chi connectivity index (χ2n) is 3.18. The van der Waals surface area contributed by atoms with Crippen LogP contribution in [0.25, 0.3) is 0 Å². The van der Waals surface area contributed by atoms with E-state index in [1.165, 1.54) is 5.56 Å². The largest absolute Gasteiger partial charge is 0.497 e. The van der Waals surface area contributed by atoms with E-state index in [2.05, 4.69) is 6.07 Å². The Morgan fingerprint density at radius 1 is 1.12 bits per heavy atom. The fourth-order valence-corrected chi connectivity index (χ4v) is 2.66. The van der Waals surface area contributed by atoms with Gasteiger partial charge >= 0.3 is 0 Å². The van der Waals surface area contributed by atoms with E-state index in [4.69, 9.17) is 13.8 Å². The lowest BCUT2D eigenvalue weighted by molar-refractivity contribution is 0.268. The summed E-state index contributed by atoms with van der Waals surface area (Å²) in [5, 5.41) is 0. The molecule has 1 rings (SSSR count). The van der Waals surface area contributed by atoms with Crippen LogP contribution in [-0.4, -0.2) is 20.3 Å². The first-order valence-corrected chi connectivity index (χ1v) is 6.82. The van der Waals surface area contributed by atoms with E-state index in [0.717, 1.165) is 11.9 Å². The Hall–Kier alpha value is -0.630. The molecule has 0 atom stereocenters. The first kappa shape index (κ1) is 13.4. The molecule has 1 aromatic rings. The molecule has 0 fully saturated rings. The van der Waals surface area contributed by atoms with Gasteiger partial charge in [0.2, 0.25) is 0 Å². The van der Waals surface area contributed by atoms with Crippen molar-refractivity contribution in [1.82, 2.24) is 0 Å². The van der Waals surface area contributed by atoms with Crippen molar-refractivity contribution in [2.75, 3.05) is 20.3 Å². The van der Waals surface area contributed by atoms with Gasteiger partial charge in [-0.25, -0.2) is 0 Å². The Morgan fingerprint density at radius 3 is 2.38 bits per heavy atom. The topological polar surface area (TPSA) is 27.7 Å². The Bertz CT molecular complexity index is 298. The van der Waals surface area contributed by atoms with Crippen LogP contribution in [0.4, 0.5) is 0 Å². The summed E-state index contributed by atoms with van der Waals surface area (Å²) in [6.45, 7) is 5.35. The molecule has 0 saturated carbocycles. The van der Waals surface area contributed by atoms with Crippen molar-refractivity contribution < 1.29 is 13.8 Å². The second kappa shape index (κ2) is 7.61. The zero-order chi connectivity index (χ0) is 11.8. The number of rotatable bonds is 7. The summed E-state index contributed by atoms with van der Waals surface area (Å²) in [4.78, 5) is 0. The number of hydrogen-bond acceptors (Lipinski definition) is 3. The maximum atomic E-state index is 5.56. The minimum atomic E-state index is -0.810. The van der Waals surface area contributed by atoms with Gasteiger partial charge in [-0.3, -0.25) is 0 Å². The highest BCUT2D eigenvalue weighted by atomic mass is 31.2. The third-order valence-corrected chi connectivity index (χ3v) is 3.71. The van der Waals surface area contributed by atoms with E-state index < -0.39 is 8.38 Å². The van der Waals surface area contributed by atoms with Gasteiger partial charge in [0.15, 0.2) is 8.38 Å². The minimum Gasteiger partial charge on any atom is -0.497 e. The van der Waals surface area contributed by atoms with Crippen molar-refractivity contribution in [2.45, 2.75) is 20.0 Å². The van der Waals surface area contributed by atoms with Crippen LogP contribution in [0.3, 0.4) is 0 Å². The molecule has 0 heterocycles. The Balaban J connectivity index is 2.60. The standard InChI is InChI=1S/C12H19O3P/c1-4-14-16(15-5-2)10-11-7-6-8-12(9-11)13-3/h6-9H,4-5,10H2,1-3H3. The maximum Gasteiger partial charge on any atom is 0.175 e. The Morgan fingerprint density at radius 2 is 1.81 bits per heavy atom. The molecule has 90 valence electrons. The number of hydrogen-bond donors (Lipinski definition) is 0. The molecule has 0 bridgehead atoms. The van der Waals surface area contributed by atoms with Crippen molar-refractivity contribution in [3.63, 3.8) is 0 Å². The van der Waals surface area contributed by atoms with Gasteiger partial charge in [-0.05, 0) is 31.5 Å². The van der Waals surface area contributed by atoms with Crippen molar-refractivity contribution in [3.8, 4) is 5.75 Å². The van der Waals surface area contributed by atoms with Crippen molar-refractivity contribution in [1.29, 1.82) is 0 Å². The van der Waals surface area contributed by atoms with Crippen LogP contribution >= 0.6 is 8.38 Å². The van der Waals surface area contributed by atoms with Gasteiger partial charge in [0, 0.05) is 6.16 Å². The molecule has 0 aromatic heterocycles. The molecule has 0 N–H and O–H groups in total. The summed E-state index contributed by atoms with van der Waals surface area (Å²) in [6.07, 6.45) is 0.814. The zero-order valence-corrected chi connectivity index (χ0v) is 11.0. The van der Waals surface area contributed by atoms with Crippen LogP contribution < -0.4 is 4.74 Å². The van der Waals surface area contributed by atoms with Gasteiger partial charge in [-0.2, -0.15) is 0 Å². The molecule has 4 heteroatoms. The van der Waals surface area contributed by atoms with Crippen molar-refractivity contribution in [3.05, 3.63) is 29.8 Å². The molecule has 0 spiro atoms. The predicted molar refractivity (Wildman–Crippen MR) is 66.9 cm³/mol. The summed E-state index contributed by atoms with van der Waals surface area (Å²) in [5.41, 5.74) is 1.19. The molecule has 0 aliphatic carbocycles. The van der Waals surface area contributed by atoms with Gasteiger partial charge in [0.1, 0.15) is 5.75 Å². The highest BCUT2D eigenvalue weighted by Crippen LogP contribution is 2.42. The molecule has 0 amide bonds. The summed E-state index contributed by atoms with van der Waals surface area (Å²) in [6, 6.07) is 8.01. The van der Waals surface area contributed by atoms with Gasteiger partial charge in [0.05, 0.1) is 20.3 Å². The van der Waals surface area contributed by atoms with Crippen LogP contribution in [0.2, 0.25) is 0 Å². The molecule has 16 heavy (non-hydrogen) atoms. The molecule has 0 unspecified atom stereocenters. The van der Waals surface area contributed by atoms with E-state index in [-0.39, 0.29) is 0 Å². The fourth-order valence-electron chi connectivity index (χ4n) is 1.34. The highest BCUT2D eigenvalue weighted by molar-refractivity contribution is 7.46. The Kier molecular flexibility index (Phi) is 6.39. The van der Waals surface area contributed by atoms with Gasteiger partial charge in [0.25, 0.3) is 0 Å².